The SMILES string of the molecule is CCCCC(N)C(=O)OC1CCC(C)(C)CC1. The number of nitrogens with two attached hydrogens (primary N) is 1. The lowest BCUT2D eigenvalue weighted by Gasteiger charge is -2.34. The molecule has 1 saturated carbocycles. The van der Waals surface area contributed by atoms with Gasteiger partial charge >= 0.3 is 5.97 Å². The van der Waals surface area contributed by atoms with Crippen molar-refractivity contribution in [3.63, 3.8) is 0 Å². The van der Waals surface area contributed by atoms with Crippen molar-refractivity contribution in [3.8, 4) is 0 Å². The molecule has 0 aromatic carbocycles. The molecule has 0 heterocycles. The molecule has 17 heavy (non-hydrogen) atoms. The zero-order valence-electron chi connectivity index (χ0n) is 11.5. The van der Waals surface area contributed by atoms with Crippen LogP contribution in [0.5, 0.6) is 0 Å². The average molecular weight is 241 g/mol. The van der Waals surface area contributed by atoms with Gasteiger partial charge in [0.05, 0.1) is 0 Å². The molecule has 0 saturated heterocycles. The number of rotatable bonds is 5. The molecule has 0 spiro atoms. The minimum Gasteiger partial charge on any atom is -0.461 e. The summed E-state index contributed by atoms with van der Waals surface area (Å²) in [5.41, 5.74) is 6.21. The second-order valence-corrected chi connectivity index (χ2v) is 6.05. The van der Waals surface area contributed by atoms with E-state index in [0.29, 0.717) is 5.41 Å². The molecule has 0 aromatic heterocycles. The summed E-state index contributed by atoms with van der Waals surface area (Å²) in [7, 11) is 0. The largest absolute Gasteiger partial charge is 0.461 e. The van der Waals surface area contributed by atoms with E-state index >= 15 is 0 Å². The summed E-state index contributed by atoms with van der Waals surface area (Å²) in [4.78, 5) is 11.7. The van der Waals surface area contributed by atoms with Gasteiger partial charge in [0.25, 0.3) is 0 Å². The minimum absolute atomic E-state index is 0.100. The van der Waals surface area contributed by atoms with Crippen LogP contribution in [0.3, 0.4) is 0 Å². The smallest absolute Gasteiger partial charge is 0.323 e. The molecule has 1 fully saturated rings. The maximum Gasteiger partial charge on any atom is 0.323 e. The Bertz CT molecular complexity index is 241. The van der Waals surface area contributed by atoms with Crippen LogP contribution < -0.4 is 5.73 Å². The van der Waals surface area contributed by atoms with Gasteiger partial charge in [0.15, 0.2) is 0 Å². The van der Waals surface area contributed by atoms with Crippen LogP contribution in [0.2, 0.25) is 0 Å². The van der Waals surface area contributed by atoms with Crippen LogP contribution in [-0.4, -0.2) is 18.1 Å². The second-order valence-electron chi connectivity index (χ2n) is 6.05. The highest BCUT2D eigenvalue weighted by Crippen LogP contribution is 2.36. The first-order chi connectivity index (χ1) is 7.94. The number of ether oxygens (including phenoxy) is 1. The van der Waals surface area contributed by atoms with E-state index in [9.17, 15) is 4.79 Å². The van der Waals surface area contributed by atoms with Crippen molar-refractivity contribution in [2.24, 2.45) is 11.1 Å². The van der Waals surface area contributed by atoms with E-state index in [4.69, 9.17) is 10.5 Å². The fraction of sp³-hybridized carbons (Fsp3) is 0.929. The van der Waals surface area contributed by atoms with Crippen LogP contribution in [-0.2, 0) is 9.53 Å². The summed E-state index contributed by atoms with van der Waals surface area (Å²) in [5.74, 6) is -0.205. The summed E-state index contributed by atoms with van der Waals surface area (Å²) in [6, 6.07) is -0.426. The molecule has 0 aromatic rings. The van der Waals surface area contributed by atoms with Gasteiger partial charge in [-0.05, 0) is 37.5 Å². The molecule has 3 nitrogen and oxygen atoms in total. The first kappa shape index (κ1) is 14.5. The Morgan fingerprint density at radius 2 is 2.00 bits per heavy atom. The van der Waals surface area contributed by atoms with Crippen LogP contribution in [0.4, 0.5) is 0 Å². The lowest BCUT2D eigenvalue weighted by atomic mass is 9.76. The Labute approximate surface area is 105 Å². The third kappa shape index (κ3) is 5.07. The van der Waals surface area contributed by atoms with Gasteiger partial charge in [-0.3, -0.25) is 4.79 Å². The van der Waals surface area contributed by atoms with Gasteiger partial charge < -0.3 is 10.5 Å². The summed E-state index contributed by atoms with van der Waals surface area (Å²) < 4.78 is 5.48. The topological polar surface area (TPSA) is 52.3 Å². The minimum atomic E-state index is -0.426. The Hall–Kier alpha value is -0.570. The van der Waals surface area contributed by atoms with E-state index in [1.54, 1.807) is 0 Å². The molecule has 1 rings (SSSR count). The Kier molecular flexibility index (Phi) is 5.44. The highest BCUT2D eigenvalue weighted by Gasteiger charge is 2.29. The van der Waals surface area contributed by atoms with Gasteiger partial charge in [-0.25, -0.2) is 0 Å². The van der Waals surface area contributed by atoms with Gasteiger partial charge in [0.1, 0.15) is 12.1 Å². The molecule has 0 aliphatic heterocycles. The number of esters is 1. The van der Waals surface area contributed by atoms with Gasteiger partial charge in [0.2, 0.25) is 0 Å². The molecular formula is C14H27NO2. The first-order valence-corrected chi connectivity index (χ1v) is 6.90. The van der Waals surface area contributed by atoms with Crippen molar-refractivity contribution in [2.75, 3.05) is 0 Å². The Morgan fingerprint density at radius 3 is 2.53 bits per heavy atom. The lowest BCUT2D eigenvalue weighted by Crippen LogP contribution is -2.36. The second kappa shape index (κ2) is 6.39. The molecule has 0 bridgehead atoms. The molecule has 1 aliphatic carbocycles. The third-order valence-electron chi connectivity index (χ3n) is 3.74. The Morgan fingerprint density at radius 1 is 1.41 bits per heavy atom. The monoisotopic (exact) mass is 241 g/mol. The fourth-order valence-corrected chi connectivity index (χ4v) is 2.28. The van der Waals surface area contributed by atoms with Crippen molar-refractivity contribution < 1.29 is 9.53 Å². The van der Waals surface area contributed by atoms with Gasteiger partial charge in [-0.1, -0.05) is 33.6 Å². The van der Waals surface area contributed by atoms with Crippen molar-refractivity contribution in [1.82, 2.24) is 0 Å². The lowest BCUT2D eigenvalue weighted by molar-refractivity contribution is -0.153. The number of carbonyl (C=O) groups excluding carboxylic acids is 1. The summed E-state index contributed by atoms with van der Waals surface area (Å²) in [5, 5.41) is 0. The van der Waals surface area contributed by atoms with E-state index in [0.717, 1.165) is 44.9 Å². The molecular weight excluding hydrogens is 214 g/mol. The predicted octanol–water partition coefficient (Wildman–Crippen LogP) is 3.02. The highest BCUT2D eigenvalue weighted by atomic mass is 16.5. The summed E-state index contributed by atoms with van der Waals surface area (Å²) in [6.45, 7) is 6.65. The van der Waals surface area contributed by atoms with E-state index < -0.39 is 6.04 Å². The molecule has 1 aliphatic rings. The average Bonchev–Trinajstić information content (AvgIpc) is 2.28. The van der Waals surface area contributed by atoms with Crippen LogP contribution >= 0.6 is 0 Å². The van der Waals surface area contributed by atoms with Crippen LogP contribution in [0.1, 0.15) is 65.7 Å². The molecule has 0 radical (unpaired) electrons. The fourth-order valence-electron chi connectivity index (χ4n) is 2.28. The number of hydrogen-bond donors (Lipinski definition) is 1. The van der Waals surface area contributed by atoms with Crippen LogP contribution in [0, 0.1) is 5.41 Å². The first-order valence-electron chi connectivity index (χ1n) is 6.90. The highest BCUT2D eigenvalue weighted by molar-refractivity contribution is 5.75. The van der Waals surface area contributed by atoms with Crippen molar-refractivity contribution in [1.29, 1.82) is 0 Å². The number of carbonyl (C=O) groups is 1. The van der Waals surface area contributed by atoms with E-state index in [1.165, 1.54) is 0 Å². The van der Waals surface area contributed by atoms with Crippen molar-refractivity contribution in [3.05, 3.63) is 0 Å². The third-order valence-corrected chi connectivity index (χ3v) is 3.74. The maximum atomic E-state index is 11.7. The van der Waals surface area contributed by atoms with Crippen LogP contribution in [0.15, 0.2) is 0 Å². The maximum absolute atomic E-state index is 11.7. The number of unbranched alkanes of at least 4 members (excludes halogenated alkanes) is 1. The van der Waals surface area contributed by atoms with Gasteiger partial charge in [-0.2, -0.15) is 0 Å². The summed E-state index contributed by atoms with van der Waals surface area (Å²) in [6.07, 6.45) is 7.14. The standard InChI is InChI=1S/C14H27NO2/c1-4-5-6-12(15)13(16)17-11-7-9-14(2,3)10-8-11/h11-12H,4-10,15H2,1-3H3. The zero-order valence-corrected chi connectivity index (χ0v) is 11.5. The molecule has 2 N–H and O–H groups in total. The van der Waals surface area contributed by atoms with Gasteiger partial charge in [-0.15, -0.1) is 0 Å². The molecule has 1 atom stereocenters. The zero-order chi connectivity index (χ0) is 12.9. The van der Waals surface area contributed by atoms with Crippen LogP contribution in [0.25, 0.3) is 0 Å². The predicted molar refractivity (Wildman–Crippen MR) is 69.6 cm³/mol. The van der Waals surface area contributed by atoms with Gasteiger partial charge in [0, 0.05) is 0 Å². The molecule has 3 heteroatoms. The Balaban J connectivity index is 2.27. The number of hydrogen-bond acceptors (Lipinski definition) is 3. The summed E-state index contributed by atoms with van der Waals surface area (Å²) >= 11 is 0. The molecule has 0 amide bonds. The van der Waals surface area contributed by atoms with Crippen molar-refractivity contribution >= 4 is 5.97 Å². The molecule has 100 valence electrons. The van der Waals surface area contributed by atoms with Crippen molar-refractivity contribution in [2.45, 2.75) is 77.9 Å². The quantitative estimate of drug-likeness (QED) is 0.753. The van der Waals surface area contributed by atoms with E-state index in [1.807, 2.05) is 0 Å². The van der Waals surface area contributed by atoms with E-state index in [2.05, 4.69) is 20.8 Å². The molecule has 1 unspecified atom stereocenters. The normalized spacial score (nSPS) is 22.1. The van der Waals surface area contributed by atoms with E-state index in [-0.39, 0.29) is 12.1 Å².